The Labute approximate surface area is 117 Å². The Morgan fingerprint density at radius 2 is 2.15 bits per heavy atom. The molecule has 1 aromatic carbocycles. The highest BCUT2D eigenvalue weighted by molar-refractivity contribution is 5.75. The van der Waals surface area contributed by atoms with Crippen molar-refractivity contribution in [3.63, 3.8) is 0 Å². The minimum Gasteiger partial charge on any atom is -0.466 e. The summed E-state index contributed by atoms with van der Waals surface area (Å²) in [5.41, 5.74) is 1.67. The Bertz CT molecular complexity index is 567. The molecule has 1 aromatic heterocycles. The van der Waals surface area contributed by atoms with Gasteiger partial charge in [-0.1, -0.05) is 12.1 Å². The van der Waals surface area contributed by atoms with Gasteiger partial charge in [0, 0.05) is 13.1 Å². The molecule has 0 aliphatic carbocycles. The van der Waals surface area contributed by atoms with Crippen molar-refractivity contribution in [2.75, 3.05) is 24.6 Å². The number of ether oxygens (including phenoxy) is 1. The Balaban J connectivity index is 1.67. The van der Waals surface area contributed by atoms with Crippen molar-refractivity contribution >= 4 is 23.1 Å². The fourth-order valence-electron chi connectivity index (χ4n) is 2.56. The van der Waals surface area contributed by atoms with E-state index in [4.69, 9.17) is 9.15 Å². The zero-order valence-corrected chi connectivity index (χ0v) is 11.5. The van der Waals surface area contributed by atoms with Gasteiger partial charge in [-0.3, -0.25) is 4.79 Å². The predicted octanol–water partition coefficient (Wildman–Crippen LogP) is 2.61. The molecular formula is C15H18N2O3. The highest BCUT2D eigenvalue weighted by Crippen LogP contribution is 2.26. The zero-order chi connectivity index (χ0) is 13.9. The molecular weight excluding hydrogens is 256 g/mol. The molecule has 2 aromatic rings. The van der Waals surface area contributed by atoms with Crippen LogP contribution in [0.5, 0.6) is 0 Å². The van der Waals surface area contributed by atoms with Gasteiger partial charge in [0.25, 0.3) is 6.01 Å². The van der Waals surface area contributed by atoms with Gasteiger partial charge in [-0.25, -0.2) is 0 Å². The molecule has 1 fully saturated rings. The second kappa shape index (κ2) is 5.53. The van der Waals surface area contributed by atoms with Crippen molar-refractivity contribution in [1.29, 1.82) is 0 Å². The molecule has 1 aliphatic heterocycles. The van der Waals surface area contributed by atoms with Gasteiger partial charge in [-0.05, 0) is 31.9 Å². The van der Waals surface area contributed by atoms with Crippen LogP contribution in [0, 0.1) is 5.92 Å². The van der Waals surface area contributed by atoms with E-state index in [1.54, 1.807) is 0 Å². The van der Waals surface area contributed by atoms with E-state index in [-0.39, 0.29) is 11.9 Å². The van der Waals surface area contributed by atoms with Gasteiger partial charge in [0.15, 0.2) is 5.58 Å². The fourth-order valence-corrected chi connectivity index (χ4v) is 2.56. The van der Waals surface area contributed by atoms with E-state index >= 15 is 0 Å². The molecule has 0 bridgehead atoms. The maximum absolute atomic E-state index is 11.7. The summed E-state index contributed by atoms with van der Waals surface area (Å²) in [7, 11) is 0. The van der Waals surface area contributed by atoms with Crippen molar-refractivity contribution in [1.82, 2.24) is 4.98 Å². The first-order valence-electron chi connectivity index (χ1n) is 7.05. The number of benzene rings is 1. The summed E-state index contributed by atoms with van der Waals surface area (Å²) in [5, 5.41) is 0. The van der Waals surface area contributed by atoms with E-state index in [0.29, 0.717) is 12.6 Å². The monoisotopic (exact) mass is 274 g/mol. The lowest BCUT2D eigenvalue weighted by atomic mass is 9.97. The normalized spacial score (nSPS) is 16.6. The number of oxazole rings is 1. The Morgan fingerprint density at radius 3 is 2.85 bits per heavy atom. The van der Waals surface area contributed by atoms with Gasteiger partial charge in [-0.2, -0.15) is 4.98 Å². The van der Waals surface area contributed by atoms with Gasteiger partial charge in [0.1, 0.15) is 5.52 Å². The van der Waals surface area contributed by atoms with Crippen LogP contribution in [0.25, 0.3) is 11.1 Å². The first-order valence-corrected chi connectivity index (χ1v) is 7.05. The number of rotatable bonds is 3. The molecule has 0 atom stereocenters. The van der Waals surface area contributed by atoms with Gasteiger partial charge >= 0.3 is 5.97 Å². The third kappa shape index (κ3) is 2.48. The number of carbonyl (C=O) groups is 1. The fraction of sp³-hybridized carbons (Fsp3) is 0.467. The summed E-state index contributed by atoms with van der Waals surface area (Å²) in [6.45, 7) is 3.84. The minimum absolute atomic E-state index is 0.00979. The summed E-state index contributed by atoms with van der Waals surface area (Å²) in [6, 6.07) is 8.38. The maximum Gasteiger partial charge on any atom is 0.309 e. The van der Waals surface area contributed by atoms with E-state index in [1.165, 1.54) is 0 Å². The number of carbonyl (C=O) groups excluding carboxylic acids is 1. The third-order valence-corrected chi connectivity index (χ3v) is 3.67. The summed E-state index contributed by atoms with van der Waals surface area (Å²) in [6.07, 6.45) is 1.58. The molecule has 106 valence electrons. The van der Waals surface area contributed by atoms with Crippen molar-refractivity contribution in [2.24, 2.45) is 5.92 Å². The summed E-state index contributed by atoms with van der Waals surface area (Å²) < 4.78 is 10.8. The van der Waals surface area contributed by atoms with Gasteiger partial charge in [0.2, 0.25) is 0 Å². The van der Waals surface area contributed by atoms with Crippen LogP contribution in [0.1, 0.15) is 19.8 Å². The van der Waals surface area contributed by atoms with E-state index in [0.717, 1.165) is 37.0 Å². The number of hydrogen-bond donors (Lipinski definition) is 0. The molecule has 20 heavy (non-hydrogen) atoms. The third-order valence-electron chi connectivity index (χ3n) is 3.67. The van der Waals surface area contributed by atoms with Crippen molar-refractivity contribution in [3.8, 4) is 0 Å². The molecule has 0 spiro atoms. The average Bonchev–Trinajstić information content (AvgIpc) is 2.91. The van der Waals surface area contributed by atoms with Crippen LogP contribution in [-0.2, 0) is 9.53 Å². The standard InChI is InChI=1S/C15H18N2O3/c1-2-19-14(18)11-7-9-17(10-8-11)15-16-12-5-3-4-6-13(12)20-15/h3-6,11H,2,7-10H2,1H3. The lowest BCUT2D eigenvalue weighted by Crippen LogP contribution is -2.37. The van der Waals surface area contributed by atoms with Crippen molar-refractivity contribution < 1.29 is 13.9 Å². The second-order valence-corrected chi connectivity index (χ2v) is 4.98. The van der Waals surface area contributed by atoms with Crippen LogP contribution in [0.15, 0.2) is 28.7 Å². The topological polar surface area (TPSA) is 55.6 Å². The zero-order valence-electron chi connectivity index (χ0n) is 11.5. The molecule has 2 heterocycles. The number of esters is 1. The van der Waals surface area contributed by atoms with Crippen LogP contribution < -0.4 is 4.90 Å². The molecule has 3 rings (SSSR count). The number of hydrogen-bond acceptors (Lipinski definition) is 5. The summed E-state index contributed by atoms with van der Waals surface area (Å²) in [5.74, 6) is -0.0692. The molecule has 0 unspecified atom stereocenters. The quantitative estimate of drug-likeness (QED) is 0.805. The molecule has 1 saturated heterocycles. The van der Waals surface area contributed by atoms with Crippen LogP contribution in [0.2, 0.25) is 0 Å². The first kappa shape index (κ1) is 13.0. The van der Waals surface area contributed by atoms with Crippen molar-refractivity contribution in [3.05, 3.63) is 24.3 Å². The smallest absolute Gasteiger partial charge is 0.309 e. The van der Waals surface area contributed by atoms with Crippen LogP contribution in [-0.4, -0.2) is 30.6 Å². The minimum atomic E-state index is -0.0790. The maximum atomic E-state index is 11.7. The number of para-hydroxylation sites is 2. The van der Waals surface area contributed by atoms with Gasteiger partial charge < -0.3 is 14.1 Å². The lowest BCUT2D eigenvalue weighted by Gasteiger charge is -2.29. The van der Waals surface area contributed by atoms with Gasteiger partial charge in [-0.15, -0.1) is 0 Å². The van der Waals surface area contributed by atoms with E-state index in [2.05, 4.69) is 9.88 Å². The number of aromatic nitrogens is 1. The lowest BCUT2D eigenvalue weighted by molar-refractivity contribution is -0.148. The summed E-state index contributed by atoms with van der Waals surface area (Å²) >= 11 is 0. The average molecular weight is 274 g/mol. The van der Waals surface area contributed by atoms with E-state index in [9.17, 15) is 4.79 Å². The molecule has 0 N–H and O–H groups in total. The molecule has 5 heteroatoms. The highest BCUT2D eigenvalue weighted by atomic mass is 16.5. The molecule has 0 amide bonds. The van der Waals surface area contributed by atoms with Crippen LogP contribution in [0.4, 0.5) is 6.01 Å². The first-order chi connectivity index (χ1) is 9.78. The van der Waals surface area contributed by atoms with Crippen LogP contribution >= 0.6 is 0 Å². The Hall–Kier alpha value is -2.04. The number of piperidine rings is 1. The Morgan fingerprint density at radius 1 is 1.40 bits per heavy atom. The van der Waals surface area contributed by atoms with E-state index < -0.39 is 0 Å². The molecule has 0 saturated carbocycles. The highest BCUT2D eigenvalue weighted by Gasteiger charge is 2.27. The molecule has 0 radical (unpaired) electrons. The SMILES string of the molecule is CCOC(=O)C1CCN(c2nc3ccccc3o2)CC1. The molecule has 5 nitrogen and oxygen atoms in total. The van der Waals surface area contributed by atoms with Crippen molar-refractivity contribution in [2.45, 2.75) is 19.8 Å². The number of nitrogens with zero attached hydrogens (tertiary/aromatic N) is 2. The van der Waals surface area contributed by atoms with E-state index in [1.807, 2.05) is 31.2 Å². The Kier molecular flexibility index (Phi) is 3.58. The second-order valence-electron chi connectivity index (χ2n) is 4.98. The predicted molar refractivity (Wildman–Crippen MR) is 75.6 cm³/mol. The summed E-state index contributed by atoms with van der Waals surface area (Å²) in [4.78, 5) is 18.3. The largest absolute Gasteiger partial charge is 0.466 e. The molecule has 1 aliphatic rings. The van der Waals surface area contributed by atoms with Gasteiger partial charge in [0.05, 0.1) is 12.5 Å². The number of fused-ring (bicyclic) bond motifs is 1. The number of anilines is 1. The van der Waals surface area contributed by atoms with Crippen LogP contribution in [0.3, 0.4) is 0 Å².